The summed E-state index contributed by atoms with van der Waals surface area (Å²) in [6.45, 7) is 11.6. The van der Waals surface area contributed by atoms with E-state index >= 15 is 0 Å². The van der Waals surface area contributed by atoms with Crippen LogP contribution in [0.5, 0.6) is 0 Å². The van der Waals surface area contributed by atoms with Gasteiger partial charge >= 0.3 is 0 Å². The zero-order valence-corrected chi connectivity index (χ0v) is 17.0. The highest BCUT2D eigenvalue weighted by Gasteiger charge is 2.21. The normalized spacial score (nSPS) is 19.7. The third-order valence-electron chi connectivity index (χ3n) is 5.31. The summed E-state index contributed by atoms with van der Waals surface area (Å²) in [7, 11) is 0. The summed E-state index contributed by atoms with van der Waals surface area (Å²) in [6, 6.07) is 4.72. The third-order valence-corrected chi connectivity index (χ3v) is 6.25. The Morgan fingerprint density at radius 2 is 1.85 bits per heavy atom. The van der Waals surface area contributed by atoms with Crippen molar-refractivity contribution >= 4 is 17.6 Å². The lowest BCUT2D eigenvalue weighted by Gasteiger charge is -2.36. The first-order valence-corrected chi connectivity index (χ1v) is 10.9. The SMILES string of the molecule is CC(C)N1CCN(Cc2nc(-c3ccc(N4CCSCC4)nc3)no2)CC1. The van der Waals surface area contributed by atoms with Crippen LogP contribution >= 0.6 is 11.8 Å². The molecule has 0 atom stereocenters. The molecule has 0 radical (unpaired) electrons. The monoisotopic (exact) mass is 388 g/mol. The van der Waals surface area contributed by atoms with E-state index in [1.807, 2.05) is 24.0 Å². The van der Waals surface area contributed by atoms with Crippen molar-refractivity contribution < 1.29 is 4.52 Å². The number of hydrogen-bond acceptors (Lipinski definition) is 8. The second kappa shape index (κ2) is 8.58. The van der Waals surface area contributed by atoms with Gasteiger partial charge in [0.1, 0.15) is 5.82 Å². The van der Waals surface area contributed by atoms with Gasteiger partial charge in [0.2, 0.25) is 11.7 Å². The molecule has 2 fully saturated rings. The maximum Gasteiger partial charge on any atom is 0.241 e. The highest BCUT2D eigenvalue weighted by molar-refractivity contribution is 7.99. The fourth-order valence-corrected chi connectivity index (χ4v) is 4.47. The van der Waals surface area contributed by atoms with E-state index in [4.69, 9.17) is 4.52 Å². The molecule has 0 unspecified atom stereocenters. The molecule has 4 heterocycles. The third kappa shape index (κ3) is 4.62. The summed E-state index contributed by atoms with van der Waals surface area (Å²) in [5.74, 6) is 4.68. The van der Waals surface area contributed by atoms with Crippen molar-refractivity contribution in [3.05, 3.63) is 24.2 Å². The van der Waals surface area contributed by atoms with Gasteiger partial charge in [0.15, 0.2) is 0 Å². The number of hydrogen-bond donors (Lipinski definition) is 0. The van der Waals surface area contributed by atoms with Crippen LogP contribution in [0, 0.1) is 0 Å². The van der Waals surface area contributed by atoms with Gasteiger partial charge in [0.25, 0.3) is 0 Å². The highest BCUT2D eigenvalue weighted by atomic mass is 32.2. The maximum absolute atomic E-state index is 5.49. The van der Waals surface area contributed by atoms with Gasteiger partial charge in [-0.25, -0.2) is 4.98 Å². The number of anilines is 1. The standard InChI is InChI=1S/C19H28N6OS/c1-15(2)24-7-5-23(6-8-24)14-18-21-19(22-26-18)16-3-4-17(20-13-16)25-9-11-27-12-10-25/h3-4,13,15H,5-12,14H2,1-2H3. The molecular weight excluding hydrogens is 360 g/mol. The van der Waals surface area contributed by atoms with E-state index in [1.165, 1.54) is 11.5 Å². The molecule has 0 amide bonds. The van der Waals surface area contributed by atoms with E-state index in [2.05, 4.69) is 49.7 Å². The number of nitrogens with zero attached hydrogens (tertiary/aromatic N) is 6. The molecule has 0 N–H and O–H groups in total. The largest absolute Gasteiger partial charge is 0.355 e. The number of pyridine rings is 1. The van der Waals surface area contributed by atoms with E-state index in [-0.39, 0.29) is 0 Å². The zero-order chi connectivity index (χ0) is 18.6. The lowest BCUT2D eigenvalue weighted by atomic mass is 10.2. The van der Waals surface area contributed by atoms with Gasteiger partial charge in [0, 0.05) is 68.6 Å². The number of thioether (sulfide) groups is 1. The average molecular weight is 389 g/mol. The van der Waals surface area contributed by atoms with E-state index in [0.29, 0.717) is 17.8 Å². The molecule has 27 heavy (non-hydrogen) atoms. The van der Waals surface area contributed by atoms with E-state index < -0.39 is 0 Å². The molecule has 0 saturated carbocycles. The summed E-state index contributed by atoms with van der Waals surface area (Å²) in [6.07, 6.45) is 1.85. The first kappa shape index (κ1) is 18.7. The minimum Gasteiger partial charge on any atom is -0.355 e. The van der Waals surface area contributed by atoms with Crippen LogP contribution in [-0.4, -0.2) is 81.7 Å². The molecule has 2 aromatic heterocycles. The van der Waals surface area contributed by atoms with Crippen LogP contribution in [0.2, 0.25) is 0 Å². The molecular formula is C19H28N6OS. The Morgan fingerprint density at radius 3 is 2.52 bits per heavy atom. The molecule has 0 aliphatic carbocycles. The number of aromatic nitrogens is 3. The topological polar surface area (TPSA) is 61.5 Å². The minimum atomic E-state index is 0.612. The Morgan fingerprint density at radius 1 is 1.07 bits per heavy atom. The molecule has 146 valence electrons. The van der Waals surface area contributed by atoms with Crippen LogP contribution in [0.4, 0.5) is 5.82 Å². The first-order chi connectivity index (χ1) is 13.2. The van der Waals surface area contributed by atoms with Crippen molar-refractivity contribution in [3.8, 4) is 11.4 Å². The van der Waals surface area contributed by atoms with Crippen molar-refractivity contribution in [2.75, 3.05) is 55.7 Å². The minimum absolute atomic E-state index is 0.612. The molecule has 2 saturated heterocycles. The Bertz CT molecular complexity index is 720. The van der Waals surface area contributed by atoms with Gasteiger partial charge in [-0.1, -0.05) is 5.16 Å². The molecule has 0 aromatic carbocycles. The van der Waals surface area contributed by atoms with Gasteiger partial charge in [-0.2, -0.15) is 16.7 Å². The summed E-state index contributed by atoms with van der Waals surface area (Å²) < 4.78 is 5.49. The van der Waals surface area contributed by atoms with Crippen molar-refractivity contribution in [1.82, 2.24) is 24.9 Å². The van der Waals surface area contributed by atoms with E-state index in [0.717, 1.165) is 57.2 Å². The first-order valence-electron chi connectivity index (χ1n) is 9.77. The predicted octanol–water partition coefficient (Wildman–Crippen LogP) is 2.21. The molecule has 0 bridgehead atoms. The van der Waals surface area contributed by atoms with Crippen molar-refractivity contribution in [1.29, 1.82) is 0 Å². The second-order valence-electron chi connectivity index (χ2n) is 7.42. The summed E-state index contributed by atoms with van der Waals surface area (Å²) in [5.41, 5.74) is 0.907. The lowest BCUT2D eigenvalue weighted by molar-refractivity contribution is 0.0960. The zero-order valence-electron chi connectivity index (χ0n) is 16.2. The molecule has 7 nitrogen and oxygen atoms in total. The fraction of sp³-hybridized carbons (Fsp3) is 0.632. The molecule has 4 rings (SSSR count). The van der Waals surface area contributed by atoms with Gasteiger partial charge in [-0.15, -0.1) is 0 Å². The Hall–Kier alpha value is -1.64. The Balaban J connectivity index is 1.35. The predicted molar refractivity (Wildman–Crippen MR) is 109 cm³/mol. The fourth-order valence-electron chi connectivity index (χ4n) is 3.56. The number of piperazine rings is 1. The van der Waals surface area contributed by atoms with Crippen molar-refractivity contribution in [3.63, 3.8) is 0 Å². The lowest BCUT2D eigenvalue weighted by Crippen LogP contribution is -2.48. The summed E-state index contributed by atoms with van der Waals surface area (Å²) >= 11 is 2.00. The van der Waals surface area contributed by atoms with Crippen LogP contribution in [-0.2, 0) is 6.54 Å². The number of rotatable bonds is 5. The van der Waals surface area contributed by atoms with Gasteiger partial charge < -0.3 is 9.42 Å². The quantitative estimate of drug-likeness (QED) is 0.773. The Kier molecular flexibility index (Phi) is 5.95. The molecule has 8 heteroatoms. The van der Waals surface area contributed by atoms with Gasteiger partial charge in [0.05, 0.1) is 6.54 Å². The van der Waals surface area contributed by atoms with Gasteiger partial charge in [-0.3, -0.25) is 9.80 Å². The van der Waals surface area contributed by atoms with Crippen molar-refractivity contribution in [2.45, 2.75) is 26.4 Å². The van der Waals surface area contributed by atoms with Crippen LogP contribution in [0.1, 0.15) is 19.7 Å². The second-order valence-corrected chi connectivity index (χ2v) is 8.65. The Labute approximate surface area is 165 Å². The van der Waals surface area contributed by atoms with Crippen LogP contribution in [0.3, 0.4) is 0 Å². The molecule has 0 spiro atoms. The molecule has 2 aliphatic rings. The maximum atomic E-state index is 5.49. The smallest absolute Gasteiger partial charge is 0.241 e. The van der Waals surface area contributed by atoms with E-state index in [9.17, 15) is 0 Å². The van der Waals surface area contributed by atoms with Crippen molar-refractivity contribution in [2.24, 2.45) is 0 Å². The molecule has 2 aliphatic heterocycles. The average Bonchev–Trinajstić information content (AvgIpc) is 3.18. The summed E-state index contributed by atoms with van der Waals surface area (Å²) in [4.78, 5) is 16.4. The van der Waals surface area contributed by atoms with E-state index in [1.54, 1.807) is 0 Å². The highest BCUT2D eigenvalue weighted by Crippen LogP contribution is 2.21. The van der Waals surface area contributed by atoms with Crippen LogP contribution in [0.15, 0.2) is 22.9 Å². The van der Waals surface area contributed by atoms with Gasteiger partial charge in [-0.05, 0) is 26.0 Å². The summed E-state index contributed by atoms with van der Waals surface area (Å²) in [5, 5.41) is 4.16. The van der Waals surface area contributed by atoms with Crippen LogP contribution in [0.25, 0.3) is 11.4 Å². The molecule has 2 aromatic rings. The van der Waals surface area contributed by atoms with Crippen LogP contribution < -0.4 is 4.90 Å².